The Morgan fingerprint density at radius 3 is 2.95 bits per heavy atom. The Kier molecular flexibility index (Phi) is 5.06. The van der Waals surface area contributed by atoms with Crippen molar-refractivity contribution in [2.45, 2.75) is 51.7 Å². The van der Waals surface area contributed by atoms with E-state index in [2.05, 4.69) is 40.6 Å². The highest BCUT2D eigenvalue weighted by Gasteiger charge is 2.24. The third kappa shape index (κ3) is 3.84. The van der Waals surface area contributed by atoms with Crippen LogP contribution in [0.5, 0.6) is 0 Å². The molecule has 1 fully saturated rings. The first kappa shape index (κ1) is 15.4. The molecule has 0 bridgehead atoms. The smallest absolute Gasteiger partial charge is 0.0705 e. The first-order valence-corrected chi connectivity index (χ1v) is 8.47. The Hall–Kier alpha value is -1.45. The van der Waals surface area contributed by atoms with Gasteiger partial charge in [0.25, 0.3) is 0 Å². The maximum Gasteiger partial charge on any atom is 0.0705 e. The van der Waals surface area contributed by atoms with Crippen molar-refractivity contribution in [2.24, 2.45) is 5.92 Å². The minimum Gasteiger partial charge on any atom is -0.393 e. The van der Waals surface area contributed by atoms with E-state index >= 15 is 0 Å². The zero-order valence-corrected chi connectivity index (χ0v) is 13.4. The summed E-state index contributed by atoms with van der Waals surface area (Å²) in [5.74, 6) is 0.539. The average Bonchev–Trinajstić information content (AvgIpc) is 2.92. The molecule has 0 unspecified atom stereocenters. The zero-order chi connectivity index (χ0) is 15.4. The first-order chi connectivity index (χ1) is 10.7. The van der Waals surface area contributed by atoms with Crippen molar-refractivity contribution in [2.75, 3.05) is 6.54 Å². The lowest BCUT2D eigenvalue weighted by Gasteiger charge is -2.14. The Labute approximate surface area is 132 Å². The van der Waals surface area contributed by atoms with Gasteiger partial charge in [-0.1, -0.05) is 18.6 Å². The van der Waals surface area contributed by atoms with E-state index in [4.69, 9.17) is 0 Å². The molecule has 2 N–H and O–H groups in total. The highest BCUT2D eigenvalue weighted by molar-refractivity contribution is 5.79. The molecule has 3 rings (SSSR count). The molecule has 3 nitrogen and oxygen atoms in total. The number of aromatic nitrogens is 1. The molecule has 1 aliphatic rings. The van der Waals surface area contributed by atoms with Crippen LogP contribution in [0.15, 0.2) is 30.3 Å². The number of aryl methyl sites for hydroxylation is 1. The van der Waals surface area contributed by atoms with Crippen LogP contribution in [0, 0.1) is 12.8 Å². The normalized spacial score (nSPS) is 21.5. The lowest BCUT2D eigenvalue weighted by atomic mass is 10.00. The van der Waals surface area contributed by atoms with E-state index in [-0.39, 0.29) is 6.10 Å². The molecule has 0 spiro atoms. The van der Waals surface area contributed by atoms with E-state index in [9.17, 15) is 5.11 Å². The predicted molar refractivity (Wildman–Crippen MR) is 90.8 cm³/mol. The summed E-state index contributed by atoms with van der Waals surface area (Å²) in [6, 6.07) is 10.7. The molecule has 1 saturated carbocycles. The van der Waals surface area contributed by atoms with Gasteiger partial charge in [0.15, 0.2) is 0 Å². The molecule has 118 valence electrons. The van der Waals surface area contributed by atoms with Crippen LogP contribution < -0.4 is 5.32 Å². The second-order valence-corrected chi connectivity index (χ2v) is 6.56. The van der Waals surface area contributed by atoms with Crippen LogP contribution in [0.1, 0.15) is 43.4 Å². The summed E-state index contributed by atoms with van der Waals surface area (Å²) in [7, 11) is 0. The van der Waals surface area contributed by atoms with Crippen LogP contribution >= 0.6 is 0 Å². The molecule has 0 saturated heterocycles. The second-order valence-electron chi connectivity index (χ2n) is 6.56. The monoisotopic (exact) mass is 298 g/mol. The minimum absolute atomic E-state index is 0.0450. The Bertz CT molecular complexity index is 626. The minimum atomic E-state index is -0.0450. The van der Waals surface area contributed by atoms with Gasteiger partial charge in [0, 0.05) is 17.6 Å². The van der Waals surface area contributed by atoms with Crippen molar-refractivity contribution in [1.82, 2.24) is 10.3 Å². The molecular weight excluding hydrogens is 272 g/mol. The number of nitrogens with zero attached hydrogens (tertiary/aromatic N) is 1. The molecule has 2 aromatic rings. The SMILES string of the molecule is Cc1ccc2cc(CNCCC[C@@H]3CCC[C@@H]3O)ccc2n1. The van der Waals surface area contributed by atoms with E-state index in [0.717, 1.165) is 43.6 Å². The lowest BCUT2D eigenvalue weighted by molar-refractivity contribution is 0.127. The molecule has 1 heterocycles. The summed E-state index contributed by atoms with van der Waals surface area (Å²) >= 11 is 0. The van der Waals surface area contributed by atoms with E-state index in [1.165, 1.54) is 23.8 Å². The van der Waals surface area contributed by atoms with Crippen LogP contribution in [-0.4, -0.2) is 22.7 Å². The van der Waals surface area contributed by atoms with Gasteiger partial charge in [-0.05, 0) is 68.8 Å². The van der Waals surface area contributed by atoms with Crippen LogP contribution in [-0.2, 0) is 6.54 Å². The highest BCUT2D eigenvalue weighted by Crippen LogP contribution is 2.28. The molecular formula is C19H26N2O. The van der Waals surface area contributed by atoms with Crippen molar-refractivity contribution >= 4 is 10.9 Å². The standard InChI is InChI=1S/C19H26N2O/c1-14-7-9-17-12-15(8-10-18(17)21-14)13-20-11-3-5-16-4-2-6-19(16)22/h7-10,12,16,19-20,22H,2-6,11,13H2,1H3/t16-,19-/m0/s1. The Morgan fingerprint density at radius 2 is 2.14 bits per heavy atom. The largest absolute Gasteiger partial charge is 0.393 e. The Morgan fingerprint density at radius 1 is 1.23 bits per heavy atom. The van der Waals surface area contributed by atoms with Gasteiger partial charge in [-0.25, -0.2) is 0 Å². The highest BCUT2D eigenvalue weighted by atomic mass is 16.3. The maximum atomic E-state index is 9.82. The molecule has 2 atom stereocenters. The number of nitrogens with one attached hydrogen (secondary N) is 1. The fourth-order valence-corrected chi connectivity index (χ4v) is 3.46. The van der Waals surface area contributed by atoms with Gasteiger partial charge < -0.3 is 10.4 Å². The summed E-state index contributed by atoms with van der Waals surface area (Å²) in [6.07, 6.45) is 5.66. The summed E-state index contributed by atoms with van der Waals surface area (Å²) in [6.45, 7) is 3.95. The van der Waals surface area contributed by atoms with E-state index < -0.39 is 0 Å². The van der Waals surface area contributed by atoms with Crippen molar-refractivity contribution in [3.05, 3.63) is 41.6 Å². The predicted octanol–water partition coefficient (Wildman–Crippen LogP) is 3.57. The van der Waals surface area contributed by atoms with Crippen molar-refractivity contribution in [3.63, 3.8) is 0 Å². The van der Waals surface area contributed by atoms with E-state index in [1.54, 1.807) is 0 Å². The first-order valence-electron chi connectivity index (χ1n) is 8.47. The summed E-state index contributed by atoms with van der Waals surface area (Å²) in [4.78, 5) is 4.53. The van der Waals surface area contributed by atoms with Crippen LogP contribution in [0.3, 0.4) is 0 Å². The van der Waals surface area contributed by atoms with E-state index in [0.29, 0.717) is 5.92 Å². The lowest BCUT2D eigenvalue weighted by Crippen LogP contribution is -2.18. The van der Waals surface area contributed by atoms with Gasteiger partial charge in [-0.3, -0.25) is 4.98 Å². The molecule has 3 heteroatoms. The fourth-order valence-electron chi connectivity index (χ4n) is 3.46. The van der Waals surface area contributed by atoms with Gasteiger partial charge in [0.1, 0.15) is 0 Å². The quantitative estimate of drug-likeness (QED) is 0.801. The maximum absolute atomic E-state index is 9.82. The summed E-state index contributed by atoms with van der Waals surface area (Å²) < 4.78 is 0. The number of aliphatic hydroxyl groups is 1. The topological polar surface area (TPSA) is 45.1 Å². The third-order valence-electron chi connectivity index (χ3n) is 4.77. The molecule has 22 heavy (non-hydrogen) atoms. The molecule has 0 amide bonds. The average molecular weight is 298 g/mol. The van der Waals surface area contributed by atoms with Crippen LogP contribution in [0.4, 0.5) is 0 Å². The van der Waals surface area contributed by atoms with Gasteiger partial charge in [0.05, 0.1) is 11.6 Å². The number of hydrogen-bond acceptors (Lipinski definition) is 3. The molecule has 1 aliphatic carbocycles. The summed E-state index contributed by atoms with van der Waals surface area (Å²) in [5.41, 5.74) is 3.44. The zero-order valence-electron chi connectivity index (χ0n) is 13.4. The van der Waals surface area contributed by atoms with Crippen molar-refractivity contribution in [1.29, 1.82) is 0 Å². The molecule has 1 aromatic carbocycles. The number of rotatable bonds is 6. The number of hydrogen-bond donors (Lipinski definition) is 2. The number of fused-ring (bicyclic) bond motifs is 1. The van der Waals surface area contributed by atoms with E-state index in [1.807, 2.05) is 6.92 Å². The van der Waals surface area contributed by atoms with Gasteiger partial charge >= 0.3 is 0 Å². The fraction of sp³-hybridized carbons (Fsp3) is 0.526. The van der Waals surface area contributed by atoms with Crippen LogP contribution in [0.2, 0.25) is 0 Å². The molecule has 0 radical (unpaired) electrons. The third-order valence-corrected chi connectivity index (χ3v) is 4.77. The van der Waals surface area contributed by atoms with Crippen molar-refractivity contribution < 1.29 is 5.11 Å². The molecule has 0 aliphatic heterocycles. The summed E-state index contributed by atoms with van der Waals surface area (Å²) in [5, 5.41) is 14.5. The number of aliphatic hydroxyl groups excluding tert-OH is 1. The Balaban J connectivity index is 1.44. The van der Waals surface area contributed by atoms with Crippen LogP contribution in [0.25, 0.3) is 10.9 Å². The van der Waals surface area contributed by atoms with Gasteiger partial charge in [-0.2, -0.15) is 0 Å². The number of benzene rings is 1. The van der Waals surface area contributed by atoms with Crippen molar-refractivity contribution in [3.8, 4) is 0 Å². The van der Waals surface area contributed by atoms with Gasteiger partial charge in [0.2, 0.25) is 0 Å². The van der Waals surface area contributed by atoms with Gasteiger partial charge in [-0.15, -0.1) is 0 Å². The second kappa shape index (κ2) is 7.21. The molecule has 1 aromatic heterocycles. The number of pyridine rings is 1.